The Balaban J connectivity index is 1.76. The van der Waals surface area contributed by atoms with E-state index in [1.807, 2.05) is 30.3 Å². The van der Waals surface area contributed by atoms with Crippen LogP contribution in [0.5, 0.6) is 5.75 Å². The van der Waals surface area contributed by atoms with Gasteiger partial charge in [-0.2, -0.15) is 0 Å². The molecule has 160 valence electrons. The fraction of sp³-hybridized carbons (Fsp3) is 0.0870. The second kappa shape index (κ2) is 9.09. The van der Waals surface area contributed by atoms with Crippen LogP contribution in [0, 0.1) is 10.1 Å². The van der Waals surface area contributed by atoms with Crippen molar-refractivity contribution in [3.8, 4) is 22.7 Å². The van der Waals surface area contributed by atoms with Crippen LogP contribution in [0.15, 0.2) is 82.7 Å². The Bertz CT molecular complexity index is 1310. The highest BCUT2D eigenvalue weighted by molar-refractivity contribution is 5.88. The monoisotopic (exact) mass is 429 g/mol. The van der Waals surface area contributed by atoms with Crippen molar-refractivity contribution in [3.05, 3.63) is 105 Å². The Morgan fingerprint density at radius 1 is 1.12 bits per heavy atom. The normalized spacial score (nSPS) is 11.0. The van der Waals surface area contributed by atoms with E-state index in [2.05, 4.69) is 15.1 Å². The van der Waals surface area contributed by atoms with Gasteiger partial charge in [-0.1, -0.05) is 6.07 Å². The molecule has 0 aliphatic carbocycles. The molecule has 2 aromatic carbocycles. The Morgan fingerprint density at radius 3 is 2.50 bits per heavy atom. The van der Waals surface area contributed by atoms with E-state index in [-0.39, 0.29) is 11.2 Å². The molecule has 0 saturated heterocycles. The first-order chi connectivity index (χ1) is 15.6. The number of aromatic amines is 1. The standard InChI is InChI=1S/C23H19N5O4/c1-32-20-11-5-16(6-12-20)22-21(15-24-14-17-4-2-3-13-25-17)23(29)27(26-22)18-7-9-19(10-8-18)28(30)31/h2-13,15,26H,14H2,1H3. The minimum absolute atomic E-state index is 0.0547. The van der Waals surface area contributed by atoms with E-state index in [1.54, 1.807) is 25.4 Å². The van der Waals surface area contributed by atoms with Crippen molar-refractivity contribution in [1.82, 2.24) is 14.8 Å². The third kappa shape index (κ3) is 4.31. The van der Waals surface area contributed by atoms with Gasteiger partial charge in [-0.15, -0.1) is 0 Å². The number of hydrogen-bond acceptors (Lipinski definition) is 6. The molecule has 4 aromatic rings. The summed E-state index contributed by atoms with van der Waals surface area (Å²) in [7, 11) is 1.58. The topological polar surface area (TPSA) is 115 Å². The summed E-state index contributed by atoms with van der Waals surface area (Å²) in [6.45, 7) is 0.324. The number of nitro benzene ring substituents is 1. The number of ether oxygens (including phenoxy) is 1. The zero-order valence-corrected chi connectivity index (χ0v) is 17.1. The van der Waals surface area contributed by atoms with Gasteiger partial charge >= 0.3 is 0 Å². The smallest absolute Gasteiger partial charge is 0.280 e. The van der Waals surface area contributed by atoms with Gasteiger partial charge in [0.15, 0.2) is 0 Å². The zero-order valence-electron chi connectivity index (χ0n) is 17.1. The van der Waals surface area contributed by atoms with E-state index in [0.29, 0.717) is 29.2 Å². The number of aromatic nitrogens is 3. The first-order valence-corrected chi connectivity index (χ1v) is 9.71. The number of benzene rings is 2. The molecule has 1 N–H and O–H groups in total. The lowest BCUT2D eigenvalue weighted by Crippen LogP contribution is -2.17. The molecule has 0 unspecified atom stereocenters. The first-order valence-electron chi connectivity index (χ1n) is 9.71. The van der Waals surface area contributed by atoms with Crippen LogP contribution in [0.3, 0.4) is 0 Å². The third-order valence-electron chi connectivity index (χ3n) is 4.82. The maximum atomic E-state index is 13.2. The molecular weight excluding hydrogens is 410 g/mol. The number of hydrogen-bond donors (Lipinski definition) is 1. The van der Waals surface area contributed by atoms with Crippen LogP contribution in [0.2, 0.25) is 0 Å². The number of nitro groups is 1. The molecule has 0 radical (unpaired) electrons. The van der Waals surface area contributed by atoms with Crippen molar-refractivity contribution >= 4 is 11.9 Å². The molecule has 0 saturated carbocycles. The Morgan fingerprint density at radius 2 is 1.88 bits per heavy atom. The Labute approximate surface area is 182 Å². The molecule has 0 bridgehead atoms. The molecule has 0 spiro atoms. The van der Waals surface area contributed by atoms with Gasteiger partial charge in [-0.25, -0.2) is 4.68 Å². The SMILES string of the molecule is COc1ccc(-c2[nH]n(-c3ccc([N+](=O)[O-])cc3)c(=O)c2C=NCc2ccccn2)cc1. The lowest BCUT2D eigenvalue weighted by molar-refractivity contribution is -0.384. The second-order valence-electron chi connectivity index (χ2n) is 6.83. The van der Waals surface area contributed by atoms with Gasteiger partial charge in [0.05, 0.1) is 41.2 Å². The molecule has 0 aliphatic rings. The van der Waals surface area contributed by atoms with Crippen molar-refractivity contribution in [1.29, 1.82) is 0 Å². The number of pyridine rings is 1. The summed E-state index contributed by atoms with van der Waals surface area (Å²) in [6, 6.07) is 18.6. The summed E-state index contributed by atoms with van der Waals surface area (Å²) >= 11 is 0. The lowest BCUT2D eigenvalue weighted by atomic mass is 10.1. The maximum Gasteiger partial charge on any atom is 0.280 e. The van der Waals surface area contributed by atoms with Gasteiger partial charge in [-0.05, 0) is 48.5 Å². The lowest BCUT2D eigenvalue weighted by Gasteiger charge is -2.04. The number of methoxy groups -OCH3 is 1. The van der Waals surface area contributed by atoms with Crippen molar-refractivity contribution < 1.29 is 9.66 Å². The fourth-order valence-electron chi connectivity index (χ4n) is 3.18. The van der Waals surface area contributed by atoms with E-state index in [4.69, 9.17) is 4.74 Å². The zero-order chi connectivity index (χ0) is 22.5. The Kier molecular flexibility index (Phi) is 5.89. The number of H-pyrrole nitrogens is 1. The molecule has 9 heteroatoms. The quantitative estimate of drug-likeness (QED) is 0.273. The Hall–Kier alpha value is -4.53. The minimum Gasteiger partial charge on any atom is -0.497 e. The number of aliphatic imine (C=N–C) groups is 1. The van der Waals surface area contributed by atoms with Crippen molar-refractivity contribution in [2.75, 3.05) is 7.11 Å². The highest BCUT2D eigenvalue weighted by atomic mass is 16.6. The maximum absolute atomic E-state index is 13.2. The summed E-state index contributed by atoms with van der Waals surface area (Å²) in [4.78, 5) is 32.3. The molecule has 2 heterocycles. The third-order valence-corrected chi connectivity index (χ3v) is 4.82. The fourth-order valence-corrected chi connectivity index (χ4v) is 3.18. The molecule has 32 heavy (non-hydrogen) atoms. The largest absolute Gasteiger partial charge is 0.497 e. The van der Waals surface area contributed by atoms with Gasteiger partial charge in [0, 0.05) is 30.1 Å². The van der Waals surface area contributed by atoms with E-state index in [0.717, 1.165) is 11.3 Å². The molecule has 0 fully saturated rings. The molecule has 0 atom stereocenters. The van der Waals surface area contributed by atoms with E-state index in [1.165, 1.54) is 35.2 Å². The predicted octanol–water partition coefficient (Wildman–Crippen LogP) is 3.76. The van der Waals surface area contributed by atoms with Crippen LogP contribution in [0.1, 0.15) is 11.3 Å². The van der Waals surface area contributed by atoms with Crippen molar-refractivity contribution in [2.45, 2.75) is 6.54 Å². The first kappa shape index (κ1) is 20.7. The van der Waals surface area contributed by atoms with E-state index in [9.17, 15) is 14.9 Å². The number of nitrogens with zero attached hydrogens (tertiary/aromatic N) is 4. The number of non-ortho nitro benzene ring substituents is 1. The van der Waals surface area contributed by atoms with E-state index < -0.39 is 4.92 Å². The van der Waals surface area contributed by atoms with Crippen LogP contribution < -0.4 is 10.3 Å². The molecule has 4 rings (SSSR count). The molecule has 0 amide bonds. The van der Waals surface area contributed by atoms with Crippen LogP contribution in [-0.2, 0) is 6.54 Å². The van der Waals surface area contributed by atoms with Gasteiger partial charge < -0.3 is 4.74 Å². The summed E-state index contributed by atoms with van der Waals surface area (Å²) in [6.07, 6.45) is 3.21. The summed E-state index contributed by atoms with van der Waals surface area (Å²) in [5.74, 6) is 0.691. The predicted molar refractivity (Wildman–Crippen MR) is 121 cm³/mol. The summed E-state index contributed by atoms with van der Waals surface area (Å²) in [5, 5.41) is 14.0. The molecule has 0 aliphatic heterocycles. The van der Waals surface area contributed by atoms with Crippen LogP contribution >= 0.6 is 0 Å². The number of rotatable bonds is 7. The highest BCUT2D eigenvalue weighted by Gasteiger charge is 2.16. The summed E-state index contributed by atoms with van der Waals surface area (Å²) < 4.78 is 6.55. The molecule has 9 nitrogen and oxygen atoms in total. The van der Waals surface area contributed by atoms with Crippen LogP contribution in [0.4, 0.5) is 5.69 Å². The van der Waals surface area contributed by atoms with Gasteiger partial charge in [0.1, 0.15) is 5.75 Å². The highest BCUT2D eigenvalue weighted by Crippen LogP contribution is 2.23. The van der Waals surface area contributed by atoms with E-state index >= 15 is 0 Å². The van der Waals surface area contributed by atoms with Gasteiger partial charge in [-0.3, -0.25) is 30.0 Å². The summed E-state index contributed by atoms with van der Waals surface area (Å²) in [5.41, 5.74) is 2.57. The van der Waals surface area contributed by atoms with Crippen molar-refractivity contribution in [3.63, 3.8) is 0 Å². The average Bonchev–Trinajstić information content (AvgIpc) is 3.16. The van der Waals surface area contributed by atoms with Gasteiger partial charge in [0.2, 0.25) is 0 Å². The number of nitrogens with one attached hydrogen (secondary N) is 1. The van der Waals surface area contributed by atoms with Crippen molar-refractivity contribution in [2.24, 2.45) is 4.99 Å². The minimum atomic E-state index is -0.486. The molecule has 2 aromatic heterocycles. The van der Waals surface area contributed by atoms with Crippen LogP contribution in [-0.4, -0.2) is 33.0 Å². The second-order valence-corrected chi connectivity index (χ2v) is 6.83. The molecular formula is C23H19N5O4. The van der Waals surface area contributed by atoms with Crippen LogP contribution in [0.25, 0.3) is 16.9 Å². The van der Waals surface area contributed by atoms with Gasteiger partial charge in [0.25, 0.3) is 11.2 Å². The average molecular weight is 429 g/mol.